The third-order valence-corrected chi connectivity index (χ3v) is 3.52. The maximum absolute atomic E-state index is 12.0. The maximum Gasteiger partial charge on any atom is 0.318 e. The Morgan fingerprint density at radius 1 is 1.50 bits per heavy atom. The summed E-state index contributed by atoms with van der Waals surface area (Å²) in [5.41, 5.74) is 0.855. The van der Waals surface area contributed by atoms with Gasteiger partial charge in [0.1, 0.15) is 6.04 Å². The molecule has 1 aromatic heterocycles. The molecule has 112 valence electrons. The Morgan fingerprint density at radius 2 is 2.20 bits per heavy atom. The minimum absolute atomic E-state index is 0.168. The summed E-state index contributed by atoms with van der Waals surface area (Å²) in [6.45, 7) is 6.62. The number of hydrogen-bond donors (Lipinski definition) is 2. The molecule has 0 radical (unpaired) electrons. The van der Waals surface area contributed by atoms with Gasteiger partial charge in [-0.3, -0.25) is 4.79 Å². The number of aryl methyl sites for hydroxylation is 1. The smallest absolute Gasteiger partial charge is 0.318 e. The van der Waals surface area contributed by atoms with E-state index in [4.69, 9.17) is 0 Å². The normalized spacial score (nSPS) is 11.8. The molecular weight excluding hydrogens is 276 g/mol. The molecule has 0 bridgehead atoms. The second-order valence-corrected chi connectivity index (χ2v) is 5.74. The SMILES string of the molecule is CCCNC(=O)C(C)NC(=O)N(C)Cc1csc(C)n1. The number of aromatic nitrogens is 1. The van der Waals surface area contributed by atoms with Crippen molar-refractivity contribution < 1.29 is 9.59 Å². The van der Waals surface area contributed by atoms with E-state index in [2.05, 4.69) is 15.6 Å². The number of rotatable bonds is 6. The van der Waals surface area contributed by atoms with E-state index in [9.17, 15) is 9.59 Å². The van der Waals surface area contributed by atoms with Gasteiger partial charge in [-0.15, -0.1) is 11.3 Å². The fraction of sp³-hybridized carbons (Fsp3) is 0.615. The zero-order chi connectivity index (χ0) is 15.1. The average Bonchev–Trinajstić information content (AvgIpc) is 2.80. The topological polar surface area (TPSA) is 74.3 Å². The van der Waals surface area contributed by atoms with Gasteiger partial charge < -0.3 is 15.5 Å². The van der Waals surface area contributed by atoms with E-state index in [0.717, 1.165) is 17.1 Å². The Balaban J connectivity index is 2.42. The zero-order valence-corrected chi connectivity index (χ0v) is 13.2. The van der Waals surface area contributed by atoms with Gasteiger partial charge in [0.25, 0.3) is 0 Å². The van der Waals surface area contributed by atoms with Crippen LogP contribution in [0.2, 0.25) is 0 Å². The second kappa shape index (κ2) is 7.84. The first-order valence-electron chi connectivity index (χ1n) is 6.64. The van der Waals surface area contributed by atoms with Crippen LogP contribution >= 0.6 is 11.3 Å². The van der Waals surface area contributed by atoms with Crippen molar-refractivity contribution in [1.82, 2.24) is 20.5 Å². The van der Waals surface area contributed by atoms with Crippen molar-refractivity contribution in [2.24, 2.45) is 0 Å². The Kier molecular flexibility index (Phi) is 6.44. The van der Waals surface area contributed by atoms with Crippen molar-refractivity contribution in [3.63, 3.8) is 0 Å². The number of hydrogen-bond acceptors (Lipinski definition) is 4. The Morgan fingerprint density at radius 3 is 2.75 bits per heavy atom. The van der Waals surface area contributed by atoms with Crippen LogP contribution < -0.4 is 10.6 Å². The highest BCUT2D eigenvalue weighted by Gasteiger charge is 2.17. The summed E-state index contributed by atoms with van der Waals surface area (Å²) in [5.74, 6) is -0.168. The molecule has 1 rings (SSSR count). The molecule has 1 aromatic rings. The fourth-order valence-electron chi connectivity index (χ4n) is 1.56. The van der Waals surface area contributed by atoms with E-state index >= 15 is 0 Å². The van der Waals surface area contributed by atoms with Gasteiger partial charge >= 0.3 is 6.03 Å². The molecule has 20 heavy (non-hydrogen) atoms. The summed E-state index contributed by atoms with van der Waals surface area (Å²) in [7, 11) is 1.68. The van der Waals surface area contributed by atoms with Crippen molar-refractivity contribution in [2.75, 3.05) is 13.6 Å². The number of nitrogens with one attached hydrogen (secondary N) is 2. The molecule has 2 N–H and O–H groups in total. The minimum atomic E-state index is -0.548. The highest BCUT2D eigenvalue weighted by atomic mass is 32.1. The largest absolute Gasteiger partial charge is 0.354 e. The molecule has 7 heteroatoms. The Labute approximate surface area is 123 Å². The summed E-state index contributed by atoms with van der Waals surface area (Å²) in [6.07, 6.45) is 0.871. The van der Waals surface area contributed by atoms with Gasteiger partial charge in [-0.05, 0) is 20.3 Å². The van der Waals surface area contributed by atoms with Gasteiger partial charge in [0, 0.05) is 19.0 Å². The lowest BCUT2D eigenvalue weighted by Gasteiger charge is -2.20. The fourth-order valence-corrected chi connectivity index (χ4v) is 2.16. The molecule has 6 nitrogen and oxygen atoms in total. The standard InChI is InChI=1S/C13H22N4O2S/c1-5-6-14-12(18)9(2)15-13(19)17(4)7-11-8-20-10(3)16-11/h8-9H,5-7H2,1-4H3,(H,14,18)(H,15,19). The van der Waals surface area contributed by atoms with Crippen molar-refractivity contribution in [3.05, 3.63) is 16.1 Å². The van der Waals surface area contributed by atoms with Crippen molar-refractivity contribution in [2.45, 2.75) is 39.8 Å². The Hall–Kier alpha value is -1.63. The second-order valence-electron chi connectivity index (χ2n) is 4.68. The Bertz CT molecular complexity index is 461. The van der Waals surface area contributed by atoms with Gasteiger partial charge in [-0.2, -0.15) is 0 Å². The van der Waals surface area contributed by atoms with Crippen LogP contribution in [0.3, 0.4) is 0 Å². The molecule has 0 aliphatic heterocycles. The zero-order valence-electron chi connectivity index (χ0n) is 12.4. The summed E-state index contributed by atoms with van der Waals surface area (Å²) >= 11 is 1.55. The summed E-state index contributed by atoms with van der Waals surface area (Å²) in [4.78, 5) is 29.4. The molecule has 0 saturated heterocycles. The number of urea groups is 1. The number of nitrogens with zero attached hydrogens (tertiary/aromatic N) is 2. The van der Waals surface area contributed by atoms with Crippen LogP contribution in [0.25, 0.3) is 0 Å². The first kappa shape index (κ1) is 16.4. The molecule has 0 aromatic carbocycles. The van der Waals surface area contributed by atoms with Gasteiger partial charge in [0.2, 0.25) is 5.91 Å². The number of carbonyl (C=O) groups is 2. The van der Waals surface area contributed by atoms with E-state index in [1.807, 2.05) is 19.2 Å². The summed E-state index contributed by atoms with van der Waals surface area (Å²) < 4.78 is 0. The van der Waals surface area contributed by atoms with Gasteiger partial charge in [-0.25, -0.2) is 9.78 Å². The molecular formula is C13H22N4O2S. The monoisotopic (exact) mass is 298 g/mol. The van der Waals surface area contributed by atoms with Crippen LogP contribution in [0, 0.1) is 6.92 Å². The first-order chi connectivity index (χ1) is 9.43. The first-order valence-corrected chi connectivity index (χ1v) is 7.52. The van der Waals surface area contributed by atoms with Crippen molar-refractivity contribution in [3.8, 4) is 0 Å². The molecule has 0 saturated carbocycles. The molecule has 0 fully saturated rings. The molecule has 1 atom stereocenters. The molecule has 3 amide bonds. The quantitative estimate of drug-likeness (QED) is 0.836. The highest BCUT2D eigenvalue weighted by Crippen LogP contribution is 2.09. The predicted octanol–water partition coefficient (Wildman–Crippen LogP) is 1.51. The van der Waals surface area contributed by atoms with Crippen LogP contribution in [0.4, 0.5) is 4.79 Å². The molecule has 0 aliphatic carbocycles. The van der Waals surface area contributed by atoms with E-state index in [-0.39, 0.29) is 11.9 Å². The third kappa shape index (κ3) is 5.16. The average molecular weight is 298 g/mol. The summed E-state index contributed by atoms with van der Waals surface area (Å²) in [6, 6.07) is -0.830. The predicted molar refractivity (Wildman–Crippen MR) is 79.6 cm³/mol. The van der Waals surface area contributed by atoms with Gasteiger partial charge in [0.05, 0.1) is 17.2 Å². The van der Waals surface area contributed by atoms with E-state index in [1.165, 1.54) is 4.90 Å². The lowest BCUT2D eigenvalue weighted by molar-refractivity contribution is -0.122. The maximum atomic E-state index is 12.0. The third-order valence-electron chi connectivity index (χ3n) is 2.69. The number of thiazole rings is 1. The van der Waals surface area contributed by atoms with Crippen molar-refractivity contribution in [1.29, 1.82) is 0 Å². The molecule has 1 unspecified atom stereocenters. The van der Waals surface area contributed by atoms with Crippen LogP contribution in [-0.4, -0.2) is 41.5 Å². The number of carbonyl (C=O) groups excluding carboxylic acids is 2. The summed E-state index contributed by atoms with van der Waals surface area (Å²) in [5, 5.41) is 8.31. The van der Waals surface area contributed by atoms with Crippen LogP contribution in [0.5, 0.6) is 0 Å². The molecule has 0 aliphatic rings. The lowest BCUT2D eigenvalue weighted by Crippen LogP contribution is -2.48. The minimum Gasteiger partial charge on any atom is -0.354 e. The van der Waals surface area contributed by atoms with E-state index in [1.54, 1.807) is 25.3 Å². The molecule has 1 heterocycles. The van der Waals surface area contributed by atoms with E-state index in [0.29, 0.717) is 13.1 Å². The van der Waals surface area contributed by atoms with Gasteiger partial charge in [-0.1, -0.05) is 6.92 Å². The van der Waals surface area contributed by atoms with Crippen LogP contribution in [-0.2, 0) is 11.3 Å². The van der Waals surface area contributed by atoms with Crippen LogP contribution in [0.15, 0.2) is 5.38 Å². The number of amides is 3. The van der Waals surface area contributed by atoms with Gasteiger partial charge in [0.15, 0.2) is 0 Å². The highest BCUT2D eigenvalue weighted by molar-refractivity contribution is 7.09. The van der Waals surface area contributed by atoms with E-state index < -0.39 is 6.04 Å². The van der Waals surface area contributed by atoms with Crippen LogP contribution in [0.1, 0.15) is 31.0 Å². The lowest BCUT2D eigenvalue weighted by atomic mass is 10.3. The molecule has 0 spiro atoms. The van der Waals surface area contributed by atoms with Crippen molar-refractivity contribution >= 4 is 23.3 Å².